The molecule has 0 radical (unpaired) electrons. The van der Waals surface area contributed by atoms with Crippen LogP contribution in [0.2, 0.25) is 5.02 Å². The van der Waals surface area contributed by atoms with E-state index in [1.807, 2.05) is 54.6 Å². The van der Waals surface area contributed by atoms with Gasteiger partial charge in [0.1, 0.15) is 0 Å². The third kappa shape index (κ3) is 4.00. The summed E-state index contributed by atoms with van der Waals surface area (Å²) in [5.74, 6) is 0.830. The zero-order valence-electron chi connectivity index (χ0n) is 12.2. The molecule has 0 unspecified atom stereocenters. The monoisotopic (exact) mass is 315 g/mol. The SMILES string of the molecule is Clc1ccc(N=C(Nc2ccccc2)N2CCOCC2)cc1. The maximum atomic E-state index is 5.94. The fraction of sp³-hybridized carbons (Fsp3) is 0.235. The minimum Gasteiger partial charge on any atom is -0.378 e. The molecule has 0 amide bonds. The fourth-order valence-corrected chi connectivity index (χ4v) is 2.37. The van der Waals surface area contributed by atoms with Crippen molar-refractivity contribution in [2.24, 2.45) is 4.99 Å². The molecule has 5 heteroatoms. The summed E-state index contributed by atoms with van der Waals surface area (Å²) in [5, 5.41) is 4.11. The molecule has 0 saturated carbocycles. The number of rotatable bonds is 2. The average molecular weight is 316 g/mol. The lowest BCUT2D eigenvalue weighted by molar-refractivity contribution is 0.0680. The number of para-hydroxylation sites is 1. The highest BCUT2D eigenvalue weighted by Gasteiger charge is 2.15. The number of nitrogens with one attached hydrogen (secondary N) is 1. The van der Waals surface area contributed by atoms with Crippen LogP contribution in [0.4, 0.5) is 11.4 Å². The summed E-state index contributed by atoms with van der Waals surface area (Å²) in [6.07, 6.45) is 0. The Hall–Kier alpha value is -2.04. The van der Waals surface area contributed by atoms with Crippen LogP contribution in [0.25, 0.3) is 0 Å². The van der Waals surface area contributed by atoms with Crippen LogP contribution in [-0.4, -0.2) is 37.2 Å². The molecule has 2 aromatic carbocycles. The van der Waals surface area contributed by atoms with Crippen molar-refractivity contribution in [3.63, 3.8) is 0 Å². The van der Waals surface area contributed by atoms with E-state index in [2.05, 4.69) is 10.2 Å². The summed E-state index contributed by atoms with van der Waals surface area (Å²) in [6, 6.07) is 17.6. The van der Waals surface area contributed by atoms with Gasteiger partial charge in [-0.2, -0.15) is 0 Å². The summed E-state index contributed by atoms with van der Waals surface area (Å²) < 4.78 is 5.42. The molecule has 4 nitrogen and oxygen atoms in total. The summed E-state index contributed by atoms with van der Waals surface area (Å²) in [7, 11) is 0. The second-order valence-electron chi connectivity index (χ2n) is 5.00. The summed E-state index contributed by atoms with van der Waals surface area (Å²) in [4.78, 5) is 6.94. The topological polar surface area (TPSA) is 36.9 Å². The zero-order valence-corrected chi connectivity index (χ0v) is 13.0. The van der Waals surface area contributed by atoms with Crippen molar-refractivity contribution in [2.45, 2.75) is 0 Å². The van der Waals surface area contributed by atoms with Crippen LogP contribution < -0.4 is 5.32 Å². The number of hydrogen-bond acceptors (Lipinski definition) is 2. The van der Waals surface area contributed by atoms with Gasteiger partial charge in [-0.15, -0.1) is 0 Å². The Morgan fingerprint density at radius 2 is 1.68 bits per heavy atom. The van der Waals surface area contributed by atoms with Crippen LogP contribution in [0.1, 0.15) is 0 Å². The quantitative estimate of drug-likeness (QED) is 0.677. The highest BCUT2D eigenvalue weighted by molar-refractivity contribution is 6.30. The van der Waals surface area contributed by atoms with E-state index in [0.717, 1.165) is 43.6 Å². The first-order valence-corrected chi connectivity index (χ1v) is 7.68. The van der Waals surface area contributed by atoms with Gasteiger partial charge in [-0.25, -0.2) is 4.99 Å². The molecular weight excluding hydrogens is 298 g/mol. The Morgan fingerprint density at radius 3 is 2.36 bits per heavy atom. The first-order valence-electron chi connectivity index (χ1n) is 7.30. The van der Waals surface area contributed by atoms with Crippen molar-refractivity contribution in [2.75, 3.05) is 31.6 Å². The molecule has 0 atom stereocenters. The number of morpholine rings is 1. The minimum atomic E-state index is 0.711. The molecule has 1 saturated heterocycles. The molecule has 1 fully saturated rings. The standard InChI is InChI=1S/C17H18ClN3O/c18-14-6-8-16(9-7-14)20-17(21-10-12-22-13-11-21)19-15-4-2-1-3-5-15/h1-9H,10-13H2,(H,19,20). The second kappa shape index (κ2) is 7.29. The molecule has 2 aromatic rings. The molecule has 3 rings (SSSR count). The van der Waals surface area contributed by atoms with Crippen molar-refractivity contribution >= 4 is 28.9 Å². The lowest BCUT2D eigenvalue weighted by atomic mass is 10.3. The number of aliphatic imine (C=N–C) groups is 1. The lowest BCUT2D eigenvalue weighted by Gasteiger charge is -2.30. The van der Waals surface area contributed by atoms with Gasteiger partial charge in [0.15, 0.2) is 0 Å². The third-order valence-electron chi connectivity index (χ3n) is 3.40. The molecule has 1 N–H and O–H groups in total. The van der Waals surface area contributed by atoms with Gasteiger partial charge >= 0.3 is 0 Å². The van der Waals surface area contributed by atoms with Gasteiger partial charge in [0.2, 0.25) is 5.96 Å². The maximum absolute atomic E-state index is 5.94. The first-order chi connectivity index (χ1) is 10.8. The maximum Gasteiger partial charge on any atom is 0.203 e. The largest absolute Gasteiger partial charge is 0.378 e. The Morgan fingerprint density at radius 1 is 1.00 bits per heavy atom. The third-order valence-corrected chi connectivity index (χ3v) is 3.65. The van der Waals surface area contributed by atoms with E-state index in [-0.39, 0.29) is 0 Å². The van der Waals surface area contributed by atoms with Gasteiger partial charge in [0.05, 0.1) is 18.9 Å². The molecule has 0 aromatic heterocycles. The Bertz CT molecular complexity index is 622. The van der Waals surface area contributed by atoms with Gasteiger partial charge in [0, 0.05) is 23.8 Å². The Balaban J connectivity index is 1.86. The Labute approximate surface area is 135 Å². The van der Waals surface area contributed by atoms with Crippen molar-refractivity contribution in [1.29, 1.82) is 0 Å². The van der Waals surface area contributed by atoms with Crippen LogP contribution >= 0.6 is 11.6 Å². The van der Waals surface area contributed by atoms with Crippen LogP contribution in [0.5, 0.6) is 0 Å². The van der Waals surface area contributed by atoms with E-state index in [9.17, 15) is 0 Å². The summed E-state index contributed by atoms with van der Waals surface area (Å²) in [6.45, 7) is 3.09. The minimum absolute atomic E-state index is 0.711. The van der Waals surface area contributed by atoms with Gasteiger partial charge < -0.3 is 15.0 Å². The van der Waals surface area contributed by atoms with Gasteiger partial charge in [0.25, 0.3) is 0 Å². The normalized spacial score (nSPS) is 15.7. The molecule has 1 aliphatic rings. The van der Waals surface area contributed by atoms with Crippen LogP contribution in [0.3, 0.4) is 0 Å². The smallest absolute Gasteiger partial charge is 0.203 e. The van der Waals surface area contributed by atoms with E-state index in [1.165, 1.54) is 0 Å². The van der Waals surface area contributed by atoms with Crippen molar-refractivity contribution in [1.82, 2.24) is 4.90 Å². The number of nitrogens with zero attached hydrogens (tertiary/aromatic N) is 2. The van der Waals surface area contributed by atoms with E-state index < -0.39 is 0 Å². The second-order valence-corrected chi connectivity index (χ2v) is 5.44. The van der Waals surface area contributed by atoms with Crippen molar-refractivity contribution in [3.05, 3.63) is 59.6 Å². The molecule has 1 heterocycles. The van der Waals surface area contributed by atoms with Crippen LogP contribution in [0.15, 0.2) is 59.6 Å². The number of anilines is 1. The molecule has 0 aliphatic carbocycles. The molecule has 114 valence electrons. The zero-order chi connectivity index (χ0) is 15.2. The van der Waals surface area contributed by atoms with E-state index in [0.29, 0.717) is 5.02 Å². The molecule has 0 spiro atoms. The summed E-state index contributed by atoms with van der Waals surface area (Å²) >= 11 is 5.94. The number of guanidine groups is 1. The van der Waals surface area contributed by atoms with E-state index in [4.69, 9.17) is 21.3 Å². The number of hydrogen-bond donors (Lipinski definition) is 1. The lowest BCUT2D eigenvalue weighted by Crippen LogP contribution is -2.44. The van der Waals surface area contributed by atoms with Crippen molar-refractivity contribution < 1.29 is 4.74 Å². The van der Waals surface area contributed by atoms with Crippen molar-refractivity contribution in [3.8, 4) is 0 Å². The molecular formula is C17H18ClN3O. The van der Waals surface area contributed by atoms with E-state index in [1.54, 1.807) is 0 Å². The number of ether oxygens (including phenoxy) is 1. The molecule has 0 bridgehead atoms. The predicted molar refractivity (Wildman–Crippen MR) is 91.0 cm³/mol. The fourth-order valence-electron chi connectivity index (χ4n) is 2.24. The van der Waals surface area contributed by atoms with Gasteiger partial charge in [-0.05, 0) is 36.4 Å². The number of benzene rings is 2. The van der Waals surface area contributed by atoms with Gasteiger partial charge in [-0.1, -0.05) is 29.8 Å². The average Bonchev–Trinajstić information content (AvgIpc) is 2.58. The highest BCUT2D eigenvalue weighted by Crippen LogP contribution is 2.18. The van der Waals surface area contributed by atoms with Crippen LogP contribution in [-0.2, 0) is 4.74 Å². The first kappa shape index (κ1) is 14.9. The van der Waals surface area contributed by atoms with E-state index >= 15 is 0 Å². The highest BCUT2D eigenvalue weighted by atomic mass is 35.5. The predicted octanol–water partition coefficient (Wildman–Crippen LogP) is 3.77. The molecule has 22 heavy (non-hydrogen) atoms. The number of halogens is 1. The summed E-state index contributed by atoms with van der Waals surface area (Å²) in [5.41, 5.74) is 1.89. The molecule has 1 aliphatic heterocycles. The van der Waals surface area contributed by atoms with Crippen LogP contribution in [0, 0.1) is 0 Å². The van der Waals surface area contributed by atoms with Gasteiger partial charge in [-0.3, -0.25) is 0 Å². The Kier molecular flexibility index (Phi) is 4.93.